The highest BCUT2D eigenvalue weighted by molar-refractivity contribution is 5.81. The van der Waals surface area contributed by atoms with Crippen molar-refractivity contribution in [3.8, 4) is 0 Å². The Morgan fingerprint density at radius 3 is 2.81 bits per heavy atom. The summed E-state index contributed by atoms with van der Waals surface area (Å²) >= 11 is 0. The van der Waals surface area contributed by atoms with Crippen molar-refractivity contribution < 1.29 is 4.79 Å². The summed E-state index contributed by atoms with van der Waals surface area (Å²) < 4.78 is 0. The number of nitrogens with one attached hydrogen (secondary N) is 1. The second-order valence-electron chi connectivity index (χ2n) is 5.04. The Kier molecular flexibility index (Phi) is 5.81. The van der Waals surface area contributed by atoms with Gasteiger partial charge in [-0.3, -0.25) is 4.79 Å². The van der Waals surface area contributed by atoms with Gasteiger partial charge in [0.2, 0.25) is 5.91 Å². The minimum absolute atomic E-state index is 0.0450. The standard InChI is InChI=1S/C13H26N2O/c1-3-6-12(14)13(16)15-11-8-5-7-10(4-2)9-11/h10-12H,3-9,14H2,1-2H3,(H,15,16)/t10?,11?,12-/m1/s1. The first-order valence-corrected chi connectivity index (χ1v) is 6.73. The van der Waals surface area contributed by atoms with E-state index in [0.717, 1.165) is 31.6 Å². The van der Waals surface area contributed by atoms with Crippen molar-refractivity contribution in [1.82, 2.24) is 5.32 Å². The Morgan fingerprint density at radius 1 is 1.44 bits per heavy atom. The Bertz CT molecular complexity index is 218. The first-order chi connectivity index (χ1) is 7.67. The number of rotatable bonds is 5. The summed E-state index contributed by atoms with van der Waals surface area (Å²) in [5.74, 6) is 0.838. The lowest BCUT2D eigenvalue weighted by Gasteiger charge is -2.29. The SMILES string of the molecule is CCC[C@@H](N)C(=O)NC1CCCC(CC)C1. The van der Waals surface area contributed by atoms with Gasteiger partial charge in [0.1, 0.15) is 0 Å². The van der Waals surface area contributed by atoms with E-state index in [1.54, 1.807) is 0 Å². The molecule has 1 saturated carbocycles. The fourth-order valence-electron chi connectivity index (χ4n) is 2.54. The minimum Gasteiger partial charge on any atom is -0.352 e. The van der Waals surface area contributed by atoms with Crippen molar-refractivity contribution in [1.29, 1.82) is 0 Å². The van der Waals surface area contributed by atoms with Gasteiger partial charge in [-0.2, -0.15) is 0 Å². The second kappa shape index (κ2) is 6.89. The van der Waals surface area contributed by atoms with Gasteiger partial charge in [0.15, 0.2) is 0 Å². The molecular weight excluding hydrogens is 200 g/mol. The molecule has 1 aliphatic rings. The van der Waals surface area contributed by atoms with E-state index in [-0.39, 0.29) is 11.9 Å². The third kappa shape index (κ3) is 4.12. The zero-order valence-electron chi connectivity index (χ0n) is 10.7. The van der Waals surface area contributed by atoms with Crippen molar-refractivity contribution in [2.75, 3.05) is 0 Å². The summed E-state index contributed by atoms with van der Waals surface area (Å²) in [5, 5.41) is 3.10. The highest BCUT2D eigenvalue weighted by Crippen LogP contribution is 2.26. The van der Waals surface area contributed by atoms with Crippen LogP contribution in [-0.2, 0) is 4.79 Å². The van der Waals surface area contributed by atoms with Gasteiger partial charge in [-0.1, -0.05) is 39.5 Å². The molecule has 0 saturated heterocycles. The van der Waals surface area contributed by atoms with E-state index in [9.17, 15) is 4.79 Å². The van der Waals surface area contributed by atoms with Crippen molar-refractivity contribution in [2.45, 2.75) is 70.9 Å². The van der Waals surface area contributed by atoms with Gasteiger partial charge < -0.3 is 11.1 Å². The number of nitrogens with two attached hydrogens (primary N) is 1. The van der Waals surface area contributed by atoms with Gasteiger partial charge >= 0.3 is 0 Å². The van der Waals surface area contributed by atoms with Crippen LogP contribution in [-0.4, -0.2) is 18.0 Å². The van der Waals surface area contributed by atoms with Crippen LogP contribution in [0.2, 0.25) is 0 Å². The molecule has 0 heterocycles. The summed E-state index contributed by atoms with van der Waals surface area (Å²) in [6.07, 6.45) is 7.82. The molecule has 3 atom stereocenters. The molecule has 1 fully saturated rings. The molecule has 0 aliphatic heterocycles. The molecule has 1 amide bonds. The summed E-state index contributed by atoms with van der Waals surface area (Å²) in [7, 11) is 0. The maximum atomic E-state index is 11.8. The maximum Gasteiger partial charge on any atom is 0.237 e. The molecule has 1 rings (SSSR count). The monoisotopic (exact) mass is 226 g/mol. The average Bonchev–Trinajstić information content (AvgIpc) is 2.29. The largest absolute Gasteiger partial charge is 0.352 e. The molecule has 1 aliphatic carbocycles. The third-order valence-electron chi connectivity index (χ3n) is 3.64. The summed E-state index contributed by atoms with van der Waals surface area (Å²) in [5.41, 5.74) is 5.80. The third-order valence-corrected chi connectivity index (χ3v) is 3.64. The fourth-order valence-corrected chi connectivity index (χ4v) is 2.54. The van der Waals surface area contributed by atoms with Crippen LogP contribution < -0.4 is 11.1 Å². The zero-order chi connectivity index (χ0) is 12.0. The molecule has 0 bridgehead atoms. The molecule has 0 aromatic carbocycles. The molecule has 2 unspecified atom stereocenters. The molecular formula is C13H26N2O. The first-order valence-electron chi connectivity index (χ1n) is 6.73. The van der Waals surface area contributed by atoms with E-state index >= 15 is 0 Å². The Balaban J connectivity index is 2.32. The van der Waals surface area contributed by atoms with Gasteiger partial charge in [0.25, 0.3) is 0 Å². The van der Waals surface area contributed by atoms with E-state index in [2.05, 4.69) is 19.2 Å². The lowest BCUT2D eigenvalue weighted by Crippen LogP contribution is -2.46. The van der Waals surface area contributed by atoms with E-state index in [0.29, 0.717) is 6.04 Å². The molecule has 3 heteroatoms. The molecule has 0 spiro atoms. The quantitative estimate of drug-likeness (QED) is 0.755. The van der Waals surface area contributed by atoms with Gasteiger partial charge in [0.05, 0.1) is 6.04 Å². The average molecular weight is 226 g/mol. The number of hydrogen-bond acceptors (Lipinski definition) is 2. The lowest BCUT2D eigenvalue weighted by atomic mass is 9.84. The molecule has 0 aromatic heterocycles. The smallest absolute Gasteiger partial charge is 0.237 e. The van der Waals surface area contributed by atoms with Crippen LogP contribution in [0.1, 0.15) is 58.8 Å². The number of carbonyl (C=O) groups is 1. The first kappa shape index (κ1) is 13.5. The highest BCUT2D eigenvalue weighted by Gasteiger charge is 2.23. The summed E-state index contributed by atoms with van der Waals surface area (Å²) in [6.45, 7) is 4.29. The van der Waals surface area contributed by atoms with Crippen LogP contribution in [0.3, 0.4) is 0 Å². The van der Waals surface area contributed by atoms with Gasteiger partial charge in [0, 0.05) is 6.04 Å². The Morgan fingerprint density at radius 2 is 2.19 bits per heavy atom. The molecule has 16 heavy (non-hydrogen) atoms. The van der Waals surface area contributed by atoms with Gasteiger partial charge in [-0.25, -0.2) is 0 Å². The van der Waals surface area contributed by atoms with E-state index in [1.165, 1.54) is 19.3 Å². The van der Waals surface area contributed by atoms with Crippen LogP contribution in [0.15, 0.2) is 0 Å². The fraction of sp³-hybridized carbons (Fsp3) is 0.923. The Hall–Kier alpha value is -0.570. The number of amides is 1. The summed E-state index contributed by atoms with van der Waals surface area (Å²) in [6, 6.07) is 0.0566. The highest BCUT2D eigenvalue weighted by atomic mass is 16.2. The van der Waals surface area contributed by atoms with Crippen molar-refractivity contribution in [3.05, 3.63) is 0 Å². The molecule has 3 nitrogen and oxygen atoms in total. The molecule has 3 N–H and O–H groups in total. The topological polar surface area (TPSA) is 55.1 Å². The van der Waals surface area contributed by atoms with E-state index in [4.69, 9.17) is 5.73 Å². The van der Waals surface area contributed by atoms with Crippen LogP contribution >= 0.6 is 0 Å². The maximum absolute atomic E-state index is 11.8. The molecule has 0 aromatic rings. The predicted molar refractivity (Wildman–Crippen MR) is 67.1 cm³/mol. The normalized spacial score (nSPS) is 27.4. The predicted octanol–water partition coefficient (Wildman–Crippen LogP) is 2.20. The van der Waals surface area contributed by atoms with Crippen LogP contribution in [0.4, 0.5) is 0 Å². The van der Waals surface area contributed by atoms with Crippen molar-refractivity contribution >= 4 is 5.91 Å². The zero-order valence-corrected chi connectivity index (χ0v) is 10.7. The van der Waals surface area contributed by atoms with Crippen molar-refractivity contribution in [2.24, 2.45) is 11.7 Å². The Labute approximate surface area is 99.2 Å². The second-order valence-corrected chi connectivity index (χ2v) is 5.04. The number of carbonyl (C=O) groups excluding carboxylic acids is 1. The van der Waals surface area contributed by atoms with Crippen LogP contribution in [0.25, 0.3) is 0 Å². The molecule has 94 valence electrons. The van der Waals surface area contributed by atoms with E-state index < -0.39 is 0 Å². The van der Waals surface area contributed by atoms with E-state index in [1.807, 2.05) is 0 Å². The van der Waals surface area contributed by atoms with Gasteiger partial charge in [-0.15, -0.1) is 0 Å². The minimum atomic E-state index is -0.313. The van der Waals surface area contributed by atoms with Crippen LogP contribution in [0, 0.1) is 5.92 Å². The van der Waals surface area contributed by atoms with Crippen LogP contribution in [0.5, 0.6) is 0 Å². The van der Waals surface area contributed by atoms with Crippen molar-refractivity contribution in [3.63, 3.8) is 0 Å². The van der Waals surface area contributed by atoms with Gasteiger partial charge in [-0.05, 0) is 25.2 Å². The number of hydrogen-bond donors (Lipinski definition) is 2. The lowest BCUT2D eigenvalue weighted by molar-refractivity contribution is -0.123. The molecule has 0 radical (unpaired) electrons. The summed E-state index contributed by atoms with van der Waals surface area (Å²) in [4.78, 5) is 11.8.